The van der Waals surface area contributed by atoms with Crippen molar-refractivity contribution in [2.75, 3.05) is 13.1 Å². The van der Waals surface area contributed by atoms with E-state index in [1.807, 2.05) is 30.3 Å². The van der Waals surface area contributed by atoms with E-state index in [9.17, 15) is 0 Å². The zero-order valence-electron chi connectivity index (χ0n) is 11.6. The summed E-state index contributed by atoms with van der Waals surface area (Å²) in [6, 6.07) is 9.65. The highest BCUT2D eigenvalue weighted by Gasteiger charge is 2.34. The zero-order valence-corrected chi connectivity index (χ0v) is 11.6. The van der Waals surface area contributed by atoms with E-state index in [1.165, 1.54) is 0 Å². The van der Waals surface area contributed by atoms with Crippen molar-refractivity contribution in [2.24, 2.45) is 0 Å². The smallest absolute Gasteiger partial charge is 0.233 e. The van der Waals surface area contributed by atoms with Gasteiger partial charge in [-0.15, -0.1) is 0 Å². The lowest BCUT2D eigenvalue weighted by molar-refractivity contribution is 0.242. The van der Waals surface area contributed by atoms with Gasteiger partial charge in [-0.25, -0.2) is 0 Å². The molecule has 5 nitrogen and oxygen atoms in total. The van der Waals surface area contributed by atoms with Crippen molar-refractivity contribution in [1.82, 2.24) is 15.5 Å². The summed E-state index contributed by atoms with van der Waals surface area (Å²) in [7, 11) is 0. The van der Waals surface area contributed by atoms with Crippen molar-refractivity contribution in [2.45, 2.75) is 31.8 Å². The molecule has 1 fully saturated rings. The van der Waals surface area contributed by atoms with Gasteiger partial charge in [0, 0.05) is 6.54 Å². The highest BCUT2D eigenvalue weighted by atomic mass is 16.5. The third kappa shape index (κ3) is 2.82. The summed E-state index contributed by atoms with van der Waals surface area (Å²) in [6.07, 6.45) is 2.20. The van der Waals surface area contributed by atoms with Crippen LogP contribution in [0, 0.1) is 0 Å². The first-order valence-corrected chi connectivity index (χ1v) is 6.98. The van der Waals surface area contributed by atoms with Crippen LogP contribution in [0.1, 0.15) is 31.5 Å². The lowest BCUT2D eigenvalue weighted by Crippen LogP contribution is -2.41. The maximum Gasteiger partial charge on any atom is 0.233 e. The van der Waals surface area contributed by atoms with Crippen LogP contribution in [0.4, 0.5) is 0 Å². The third-order valence-corrected chi connectivity index (χ3v) is 3.69. The Labute approximate surface area is 118 Å². The summed E-state index contributed by atoms with van der Waals surface area (Å²) in [4.78, 5) is 4.48. The van der Waals surface area contributed by atoms with Gasteiger partial charge >= 0.3 is 0 Å². The Morgan fingerprint density at radius 1 is 1.35 bits per heavy atom. The minimum absolute atomic E-state index is 0.0593. The SMILES string of the molecule is CC1(c2nc(COc3ccccc3)no2)CCCNC1. The molecule has 0 aliphatic carbocycles. The number of rotatable bonds is 4. The lowest BCUT2D eigenvalue weighted by atomic mass is 9.83. The first-order valence-electron chi connectivity index (χ1n) is 6.98. The average Bonchev–Trinajstić information content (AvgIpc) is 2.97. The molecule has 1 saturated heterocycles. The van der Waals surface area contributed by atoms with Crippen LogP contribution >= 0.6 is 0 Å². The van der Waals surface area contributed by atoms with Crippen molar-refractivity contribution < 1.29 is 9.26 Å². The predicted molar refractivity (Wildman–Crippen MR) is 74.5 cm³/mol. The second-order valence-corrected chi connectivity index (χ2v) is 5.46. The van der Waals surface area contributed by atoms with Crippen LogP contribution in [0.25, 0.3) is 0 Å². The molecule has 1 aromatic carbocycles. The molecule has 1 atom stereocenters. The number of nitrogens with zero attached hydrogens (tertiary/aromatic N) is 2. The van der Waals surface area contributed by atoms with Crippen LogP contribution in [0.3, 0.4) is 0 Å². The van der Waals surface area contributed by atoms with E-state index < -0.39 is 0 Å². The van der Waals surface area contributed by atoms with Crippen LogP contribution in [0.15, 0.2) is 34.9 Å². The molecule has 1 unspecified atom stereocenters. The van der Waals surface area contributed by atoms with Gasteiger partial charge in [0.25, 0.3) is 0 Å². The van der Waals surface area contributed by atoms with Gasteiger partial charge in [-0.3, -0.25) is 0 Å². The van der Waals surface area contributed by atoms with Crippen LogP contribution < -0.4 is 10.1 Å². The van der Waals surface area contributed by atoms with E-state index >= 15 is 0 Å². The number of hydrogen-bond acceptors (Lipinski definition) is 5. The van der Waals surface area contributed by atoms with Gasteiger partial charge in [-0.2, -0.15) is 4.98 Å². The summed E-state index contributed by atoms with van der Waals surface area (Å²) in [5.74, 6) is 2.11. The molecule has 0 amide bonds. The first-order chi connectivity index (χ1) is 9.76. The number of para-hydroxylation sites is 1. The highest BCUT2D eigenvalue weighted by Crippen LogP contribution is 2.29. The van der Waals surface area contributed by atoms with E-state index in [0.29, 0.717) is 18.3 Å². The van der Waals surface area contributed by atoms with Gasteiger partial charge in [0.1, 0.15) is 5.75 Å². The van der Waals surface area contributed by atoms with Gasteiger partial charge in [-0.1, -0.05) is 23.4 Å². The van der Waals surface area contributed by atoms with Gasteiger partial charge in [0.15, 0.2) is 6.61 Å². The Morgan fingerprint density at radius 2 is 2.20 bits per heavy atom. The minimum Gasteiger partial charge on any atom is -0.485 e. The van der Waals surface area contributed by atoms with E-state index in [4.69, 9.17) is 9.26 Å². The minimum atomic E-state index is -0.0593. The molecule has 0 radical (unpaired) electrons. The van der Waals surface area contributed by atoms with Gasteiger partial charge in [0.05, 0.1) is 5.41 Å². The van der Waals surface area contributed by atoms with E-state index in [0.717, 1.165) is 31.7 Å². The number of aromatic nitrogens is 2. The molecule has 1 aromatic heterocycles. The standard InChI is InChI=1S/C15H19N3O2/c1-15(8-5-9-16-11-15)14-17-13(18-20-14)10-19-12-6-3-2-4-7-12/h2-4,6-7,16H,5,8-11H2,1H3. The monoisotopic (exact) mass is 273 g/mol. The Hall–Kier alpha value is -1.88. The van der Waals surface area contributed by atoms with Gasteiger partial charge in [-0.05, 0) is 38.4 Å². The fraction of sp³-hybridized carbons (Fsp3) is 0.467. The van der Waals surface area contributed by atoms with E-state index in [-0.39, 0.29) is 5.41 Å². The molecule has 1 aliphatic rings. The summed E-state index contributed by atoms with van der Waals surface area (Å²) >= 11 is 0. The maximum atomic E-state index is 5.63. The van der Waals surface area contributed by atoms with Crippen LogP contribution in [-0.4, -0.2) is 23.2 Å². The lowest BCUT2D eigenvalue weighted by Gasteiger charge is -2.30. The predicted octanol–water partition coefficient (Wildman–Crippen LogP) is 2.29. The largest absolute Gasteiger partial charge is 0.485 e. The number of piperidine rings is 1. The summed E-state index contributed by atoms with van der Waals surface area (Å²) in [6.45, 7) is 4.44. The van der Waals surface area contributed by atoms with Crippen molar-refractivity contribution >= 4 is 0 Å². The molecule has 20 heavy (non-hydrogen) atoms. The first kappa shape index (κ1) is 13.1. The molecule has 5 heteroatoms. The second-order valence-electron chi connectivity index (χ2n) is 5.46. The fourth-order valence-electron chi connectivity index (χ4n) is 2.46. The maximum absolute atomic E-state index is 5.63. The van der Waals surface area contributed by atoms with Gasteiger partial charge in [0.2, 0.25) is 11.7 Å². The normalized spacial score (nSPS) is 22.6. The molecular formula is C15H19N3O2. The Kier molecular flexibility index (Phi) is 3.69. The molecular weight excluding hydrogens is 254 g/mol. The van der Waals surface area contributed by atoms with Crippen LogP contribution in [-0.2, 0) is 12.0 Å². The van der Waals surface area contributed by atoms with Crippen molar-refractivity contribution in [3.63, 3.8) is 0 Å². The molecule has 2 heterocycles. The van der Waals surface area contributed by atoms with Crippen molar-refractivity contribution in [3.05, 3.63) is 42.0 Å². The van der Waals surface area contributed by atoms with E-state index in [1.54, 1.807) is 0 Å². The van der Waals surface area contributed by atoms with Gasteiger partial charge < -0.3 is 14.6 Å². The number of benzene rings is 1. The Bertz CT molecular complexity index is 547. The molecule has 0 bridgehead atoms. The molecule has 1 N–H and O–H groups in total. The molecule has 0 spiro atoms. The molecule has 106 valence electrons. The third-order valence-electron chi connectivity index (χ3n) is 3.69. The number of nitrogens with one attached hydrogen (secondary N) is 1. The van der Waals surface area contributed by atoms with E-state index in [2.05, 4.69) is 22.4 Å². The van der Waals surface area contributed by atoms with Crippen molar-refractivity contribution in [1.29, 1.82) is 0 Å². The molecule has 0 saturated carbocycles. The summed E-state index contributed by atoms with van der Waals surface area (Å²) in [5, 5.41) is 7.39. The molecule has 2 aromatic rings. The quantitative estimate of drug-likeness (QED) is 0.926. The highest BCUT2D eigenvalue weighted by molar-refractivity contribution is 5.21. The summed E-state index contributed by atoms with van der Waals surface area (Å²) < 4.78 is 11.0. The summed E-state index contributed by atoms with van der Waals surface area (Å²) in [5.41, 5.74) is -0.0593. The fourth-order valence-corrected chi connectivity index (χ4v) is 2.46. The van der Waals surface area contributed by atoms with Crippen LogP contribution in [0.5, 0.6) is 5.75 Å². The second kappa shape index (κ2) is 5.63. The zero-order chi connectivity index (χ0) is 13.8. The molecule has 3 rings (SSSR count). The number of ether oxygens (including phenoxy) is 1. The Morgan fingerprint density at radius 3 is 2.95 bits per heavy atom. The number of hydrogen-bond donors (Lipinski definition) is 1. The Balaban J connectivity index is 1.65. The molecule has 1 aliphatic heterocycles. The van der Waals surface area contributed by atoms with Crippen LogP contribution in [0.2, 0.25) is 0 Å². The topological polar surface area (TPSA) is 60.2 Å². The average molecular weight is 273 g/mol. The van der Waals surface area contributed by atoms with Crippen molar-refractivity contribution in [3.8, 4) is 5.75 Å².